The molecule has 5 nitrogen and oxygen atoms in total. The van der Waals surface area contributed by atoms with Crippen molar-refractivity contribution in [3.63, 3.8) is 0 Å². The first-order chi connectivity index (χ1) is 11.5. The summed E-state index contributed by atoms with van der Waals surface area (Å²) in [5.74, 6) is 0.0547. The molecule has 0 radical (unpaired) electrons. The van der Waals surface area contributed by atoms with Crippen LogP contribution in [0.3, 0.4) is 0 Å². The van der Waals surface area contributed by atoms with Gasteiger partial charge in [-0.2, -0.15) is 0 Å². The predicted octanol–water partition coefficient (Wildman–Crippen LogP) is 2.41. The molecule has 2 aromatic rings. The summed E-state index contributed by atoms with van der Waals surface area (Å²) in [5.41, 5.74) is 7.90. The molecule has 1 aromatic heterocycles. The summed E-state index contributed by atoms with van der Waals surface area (Å²) >= 11 is 2.90. The van der Waals surface area contributed by atoms with Crippen molar-refractivity contribution >= 4 is 29.0 Å². The normalized spacial score (nSPS) is 23.4. The average Bonchev–Trinajstić information content (AvgIpc) is 3.16. The van der Waals surface area contributed by atoms with Gasteiger partial charge in [0.05, 0.1) is 17.5 Å². The number of halogens is 1. The molecule has 0 bridgehead atoms. The van der Waals surface area contributed by atoms with Gasteiger partial charge in [-0.15, -0.1) is 11.3 Å². The highest BCUT2D eigenvalue weighted by Crippen LogP contribution is 2.28. The van der Waals surface area contributed by atoms with E-state index in [2.05, 4.69) is 21.2 Å². The first kappa shape index (κ1) is 17.3. The van der Waals surface area contributed by atoms with Crippen LogP contribution >= 0.6 is 23.1 Å². The lowest BCUT2D eigenvalue weighted by Gasteiger charge is -2.19. The molecule has 8 heteroatoms. The van der Waals surface area contributed by atoms with Crippen molar-refractivity contribution in [3.05, 3.63) is 35.5 Å². The molecule has 1 aromatic carbocycles. The van der Waals surface area contributed by atoms with Gasteiger partial charge in [-0.1, -0.05) is 11.8 Å². The number of amides is 1. The number of rotatable bonds is 5. The number of carbonyl (C=O) groups is 1. The minimum Gasteiger partial charge on any atom is -0.349 e. The Morgan fingerprint density at radius 1 is 1.29 bits per heavy atom. The number of thiazole rings is 1. The van der Waals surface area contributed by atoms with Gasteiger partial charge in [-0.05, 0) is 38.1 Å². The van der Waals surface area contributed by atoms with E-state index in [4.69, 9.17) is 0 Å². The second-order valence-corrected chi connectivity index (χ2v) is 7.83. The smallest absolute Gasteiger partial charge is 0.230 e. The monoisotopic (exact) mass is 366 g/mol. The molecule has 24 heavy (non-hydrogen) atoms. The van der Waals surface area contributed by atoms with E-state index in [1.165, 1.54) is 35.2 Å². The van der Waals surface area contributed by atoms with Gasteiger partial charge in [0.1, 0.15) is 5.82 Å². The summed E-state index contributed by atoms with van der Waals surface area (Å²) in [6, 6.07) is 6.70. The second kappa shape index (κ2) is 7.60. The molecule has 3 rings (SSSR count). The third-order valence-corrected chi connectivity index (χ3v) is 5.91. The van der Waals surface area contributed by atoms with Crippen LogP contribution in [-0.2, 0) is 4.79 Å². The van der Waals surface area contributed by atoms with Gasteiger partial charge >= 0.3 is 0 Å². The number of benzene rings is 1. The van der Waals surface area contributed by atoms with Crippen LogP contribution in [0.2, 0.25) is 0 Å². The molecular formula is C16H19FN4OS2. The fraction of sp³-hybridized carbons (Fsp3) is 0.375. The Morgan fingerprint density at radius 2 is 1.96 bits per heavy atom. The highest BCUT2D eigenvalue weighted by Gasteiger charge is 2.30. The Kier molecular flexibility index (Phi) is 5.50. The minimum atomic E-state index is -0.264. The minimum absolute atomic E-state index is 0.00673. The summed E-state index contributed by atoms with van der Waals surface area (Å²) in [4.78, 5) is 16.6. The van der Waals surface area contributed by atoms with E-state index in [9.17, 15) is 9.18 Å². The van der Waals surface area contributed by atoms with E-state index in [0.29, 0.717) is 5.75 Å². The molecule has 1 amide bonds. The van der Waals surface area contributed by atoms with Gasteiger partial charge in [0.25, 0.3) is 0 Å². The van der Waals surface area contributed by atoms with Crippen molar-refractivity contribution in [1.29, 1.82) is 0 Å². The molecule has 2 heterocycles. The van der Waals surface area contributed by atoms with Crippen LogP contribution in [0.4, 0.5) is 4.39 Å². The van der Waals surface area contributed by atoms with Crippen LogP contribution < -0.4 is 16.2 Å². The van der Waals surface area contributed by atoms with Crippen LogP contribution in [0, 0.1) is 5.82 Å². The van der Waals surface area contributed by atoms with Crippen molar-refractivity contribution in [1.82, 2.24) is 21.2 Å². The lowest BCUT2D eigenvalue weighted by atomic mass is 10.1. The van der Waals surface area contributed by atoms with Crippen molar-refractivity contribution in [3.8, 4) is 11.3 Å². The Balaban J connectivity index is 1.53. The summed E-state index contributed by atoms with van der Waals surface area (Å²) in [6.07, 6.45) is 0. The van der Waals surface area contributed by atoms with Crippen molar-refractivity contribution in [2.75, 3.05) is 5.75 Å². The van der Waals surface area contributed by atoms with Crippen LogP contribution in [0.5, 0.6) is 0 Å². The van der Waals surface area contributed by atoms with E-state index in [1.54, 1.807) is 12.1 Å². The highest BCUT2D eigenvalue weighted by molar-refractivity contribution is 8.01. The number of hydrazine groups is 1. The number of hydrogen-bond acceptors (Lipinski definition) is 6. The van der Waals surface area contributed by atoms with E-state index in [1.807, 2.05) is 19.2 Å². The highest BCUT2D eigenvalue weighted by atomic mass is 32.2. The number of carbonyl (C=O) groups excluding carboxylic acids is 1. The quantitative estimate of drug-likeness (QED) is 0.709. The van der Waals surface area contributed by atoms with Gasteiger partial charge in [0, 0.05) is 23.0 Å². The lowest BCUT2D eigenvalue weighted by Crippen LogP contribution is -2.47. The maximum atomic E-state index is 13.0. The molecule has 1 saturated heterocycles. The van der Waals surface area contributed by atoms with Crippen molar-refractivity contribution < 1.29 is 9.18 Å². The molecule has 1 aliphatic rings. The summed E-state index contributed by atoms with van der Waals surface area (Å²) in [6.45, 7) is 4.06. The third-order valence-electron chi connectivity index (χ3n) is 3.89. The van der Waals surface area contributed by atoms with Gasteiger partial charge in [-0.3, -0.25) is 15.6 Å². The fourth-order valence-corrected chi connectivity index (χ4v) is 4.20. The molecule has 1 fully saturated rings. The first-order valence-corrected chi connectivity index (χ1v) is 9.54. The summed E-state index contributed by atoms with van der Waals surface area (Å²) in [7, 11) is 0. The Hall–Kier alpha value is -1.48. The Bertz CT molecular complexity index is 696. The van der Waals surface area contributed by atoms with E-state index >= 15 is 0 Å². The Morgan fingerprint density at radius 3 is 2.62 bits per heavy atom. The van der Waals surface area contributed by atoms with Gasteiger partial charge in [0.15, 0.2) is 4.34 Å². The van der Waals surface area contributed by atoms with Crippen LogP contribution in [0.1, 0.15) is 13.8 Å². The number of nitrogens with zero attached hydrogens (tertiary/aromatic N) is 1. The molecule has 2 unspecified atom stereocenters. The van der Waals surface area contributed by atoms with Crippen molar-refractivity contribution in [2.24, 2.45) is 0 Å². The standard InChI is InChI=1S/C16H19FN4OS2/c1-9-15(10(2)21-20-9)19-14(22)8-24-16-18-13(7-23-16)11-3-5-12(17)6-4-11/h3-7,9-10,15,20-21H,8H2,1-2H3,(H,19,22). The molecule has 2 atom stereocenters. The average molecular weight is 366 g/mol. The zero-order valence-electron chi connectivity index (χ0n) is 13.4. The van der Waals surface area contributed by atoms with E-state index < -0.39 is 0 Å². The lowest BCUT2D eigenvalue weighted by molar-refractivity contribution is -0.119. The van der Waals surface area contributed by atoms with Gasteiger partial charge in [-0.25, -0.2) is 9.37 Å². The fourth-order valence-electron chi connectivity index (χ4n) is 2.56. The SMILES string of the molecule is CC1NNC(C)C1NC(=O)CSc1nc(-c2ccc(F)cc2)cs1. The number of nitrogens with one attached hydrogen (secondary N) is 3. The molecule has 0 aliphatic carbocycles. The van der Waals surface area contributed by atoms with Gasteiger partial charge < -0.3 is 5.32 Å². The zero-order chi connectivity index (χ0) is 17.1. The number of aromatic nitrogens is 1. The first-order valence-electron chi connectivity index (χ1n) is 7.67. The summed E-state index contributed by atoms with van der Waals surface area (Å²) in [5, 5.41) is 4.96. The number of hydrogen-bond donors (Lipinski definition) is 3. The van der Waals surface area contributed by atoms with Crippen LogP contribution in [0.25, 0.3) is 11.3 Å². The molecule has 1 aliphatic heterocycles. The third kappa shape index (κ3) is 4.13. The maximum absolute atomic E-state index is 13.0. The van der Waals surface area contributed by atoms with Crippen LogP contribution in [-0.4, -0.2) is 34.8 Å². The maximum Gasteiger partial charge on any atom is 0.230 e. The molecule has 0 saturated carbocycles. The topological polar surface area (TPSA) is 66.0 Å². The molecular weight excluding hydrogens is 347 g/mol. The second-order valence-electron chi connectivity index (χ2n) is 5.75. The largest absolute Gasteiger partial charge is 0.349 e. The van der Waals surface area contributed by atoms with Crippen LogP contribution in [0.15, 0.2) is 34.0 Å². The van der Waals surface area contributed by atoms with Gasteiger partial charge in [0.2, 0.25) is 5.91 Å². The predicted molar refractivity (Wildman–Crippen MR) is 95.4 cm³/mol. The molecule has 128 valence electrons. The van der Waals surface area contributed by atoms with E-state index in [-0.39, 0.29) is 29.8 Å². The molecule has 3 N–H and O–H groups in total. The van der Waals surface area contributed by atoms with E-state index in [0.717, 1.165) is 15.6 Å². The molecule has 0 spiro atoms. The number of thioether (sulfide) groups is 1. The van der Waals surface area contributed by atoms with Crippen molar-refractivity contribution in [2.45, 2.75) is 36.3 Å². The zero-order valence-corrected chi connectivity index (χ0v) is 15.0. The summed E-state index contributed by atoms with van der Waals surface area (Å²) < 4.78 is 13.8. The Labute approximate surface area is 148 Å².